The lowest BCUT2D eigenvalue weighted by Crippen LogP contribution is -2.30. The molecule has 0 bridgehead atoms. The molecule has 3 rings (SSSR count). The minimum Gasteiger partial charge on any atom is -0.340 e. The molecule has 1 aromatic carbocycles. The van der Waals surface area contributed by atoms with Crippen molar-refractivity contribution in [2.45, 2.75) is 52.6 Å². The fourth-order valence-electron chi connectivity index (χ4n) is 3.77. The fourth-order valence-corrected chi connectivity index (χ4v) is 3.77. The van der Waals surface area contributed by atoms with Crippen molar-refractivity contribution >= 4 is 5.91 Å². The lowest BCUT2D eigenvalue weighted by Gasteiger charge is -2.20. The van der Waals surface area contributed by atoms with E-state index in [2.05, 4.69) is 28.2 Å². The number of hydrogen-bond acceptors (Lipinski definition) is 3. The number of aryl methyl sites for hydroxylation is 2. The molecule has 146 valence electrons. The van der Waals surface area contributed by atoms with Crippen LogP contribution in [-0.2, 0) is 13.1 Å². The van der Waals surface area contributed by atoms with Crippen molar-refractivity contribution in [1.29, 1.82) is 0 Å². The van der Waals surface area contributed by atoms with Gasteiger partial charge in [0, 0.05) is 31.4 Å². The van der Waals surface area contributed by atoms with E-state index in [0.29, 0.717) is 6.54 Å². The number of amides is 1. The fraction of sp³-hybridized carbons (Fsp3) is 0.545. The van der Waals surface area contributed by atoms with Gasteiger partial charge in [0.15, 0.2) is 0 Å². The molecule has 0 unspecified atom stereocenters. The molecule has 5 heteroatoms. The zero-order valence-corrected chi connectivity index (χ0v) is 16.9. The zero-order chi connectivity index (χ0) is 19.2. The van der Waals surface area contributed by atoms with Crippen molar-refractivity contribution in [2.75, 3.05) is 26.7 Å². The van der Waals surface area contributed by atoms with Crippen LogP contribution >= 0.6 is 0 Å². The van der Waals surface area contributed by atoms with Crippen LogP contribution in [0.1, 0.15) is 53.0 Å². The van der Waals surface area contributed by atoms with Crippen molar-refractivity contribution in [3.63, 3.8) is 0 Å². The number of rotatable bonds is 6. The smallest absolute Gasteiger partial charge is 0.253 e. The van der Waals surface area contributed by atoms with Crippen molar-refractivity contribution in [3.05, 3.63) is 52.8 Å². The predicted molar refractivity (Wildman–Crippen MR) is 109 cm³/mol. The summed E-state index contributed by atoms with van der Waals surface area (Å²) in [5.41, 5.74) is 4.19. The second-order valence-corrected chi connectivity index (χ2v) is 7.76. The Morgan fingerprint density at radius 2 is 1.74 bits per heavy atom. The van der Waals surface area contributed by atoms with E-state index in [9.17, 15) is 4.79 Å². The lowest BCUT2D eigenvalue weighted by atomic mass is 10.1. The number of nitrogens with zero attached hydrogens (tertiary/aromatic N) is 4. The topological polar surface area (TPSA) is 41.4 Å². The van der Waals surface area contributed by atoms with Crippen LogP contribution in [0.5, 0.6) is 0 Å². The monoisotopic (exact) mass is 368 g/mol. The summed E-state index contributed by atoms with van der Waals surface area (Å²) in [5, 5.41) is 4.46. The van der Waals surface area contributed by atoms with Gasteiger partial charge in [-0.2, -0.15) is 5.10 Å². The summed E-state index contributed by atoms with van der Waals surface area (Å²) < 4.78 is 1.96. The maximum atomic E-state index is 12.7. The first-order valence-electron chi connectivity index (χ1n) is 10.1. The first kappa shape index (κ1) is 19.6. The molecule has 0 N–H and O–H groups in total. The molecule has 1 saturated heterocycles. The first-order valence-corrected chi connectivity index (χ1v) is 10.1. The van der Waals surface area contributed by atoms with Crippen molar-refractivity contribution < 1.29 is 4.79 Å². The molecule has 1 aliphatic heterocycles. The van der Waals surface area contributed by atoms with E-state index in [1.165, 1.54) is 44.3 Å². The molecule has 1 fully saturated rings. The van der Waals surface area contributed by atoms with Crippen LogP contribution in [-0.4, -0.2) is 52.2 Å². The van der Waals surface area contributed by atoms with Crippen LogP contribution in [0.3, 0.4) is 0 Å². The summed E-state index contributed by atoms with van der Waals surface area (Å²) in [6.07, 6.45) is 5.31. The largest absolute Gasteiger partial charge is 0.340 e. The molecule has 1 amide bonds. The number of carbonyl (C=O) groups excluding carboxylic acids is 1. The molecule has 27 heavy (non-hydrogen) atoms. The van der Waals surface area contributed by atoms with Crippen LogP contribution in [0.2, 0.25) is 0 Å². The van der Waals surface area contributed by atoms with Gasteiger partial charge >= 0.3 is 0 Å². The minimum atomic E-state index is 0.0675. The Labute approximate surface area is 163 Å². The number of hydrogen-bond donors (Lipinski definition) is 0. The highest BCUT2D eigenvalue weighted by molar-refractivity contribution is 5.94. The molecule has 2 aromatic rings. The maximum absolute atomic E-state index is 12.7. The zero-order valence-electron chi connectivity index (χ0n) is 16.9. The van der Waals surface area contributed by atoms with Gasteiger partial charge in [-0.25, -0.2) is 0 Å². The van der Waals surface area contributed by atoms with Crippen molar-refractivity contribution in [3.8, 4) is 0 Å². The van der Waals surface area contributed by atoms with Crippen LogP contribution in [0.15, 0.2) is 30.3 Å². The number of carbonyl (C=O) groups is 1. The molecule has 0 spiro atoms. The van der Waals surface area contributed by atoms with E-state index in [0.717, 1.165) is 30.0 Å². The Morgan fingerprint density at radius 3 is 2.33 bits per heavy atom. The molecule has 5 nitrogen and oxygen atoms in total. The summed E-state index contributed by atoms with van der Waals surface area (Å²) in [6.45, 7) is 8.77. The van der Waals surface area contributed by atoms with Crippen LogP contribution < -0.4 is 0 Å². The van der Waals surface area contributed by atoms with Gasteiger partial charge in [-0.1, -0.05) is 25.0 Å². The van der Waals surface area contributed by atoms with Gasteiger partial charge in [-0.3, -0.25) is 14.4 Å². The highest BCUT2D eigenvalue weighted by Crippen LogP contribution is 2.14. The molecule has 0 saturated carbocycles. The molecule has 1 aromatic heterocycles. The van der Waals surface area contributed by atoms with Gasteiger partial charge in [0.1, 0.15) is 0 Å². The Morgan fingerprint density at radius 1 is 1.07 bits per heavy atom. The number of aromatic nitrogens is 2. The van der Waals surface area contributed by atoms with E-state index in [1.54, 1.807) is 4.90 Å². The predicted octanol–water partition coefficient (Wildman–Crippen LogP) is 3.65. The van der Waals surface area contributed by atoms with Crippen molar-refractivity contribution in [2.24, 2.45) is 0 Å². The summed E-state index contributed by atoms with van der Waals surface area (Å²) in [5.74, 6) is 0.0675. The molecule has 0 radical (unpaired) electrons. The third kappa shape index (κ3) is 5.42. The lowest BCUT2D eigenvalue weighted by molar-refractivity contribution is 0.0788. The molecule has 0 aliphatic carbocycles. The van der Waals surface area contributed by atoms with Crippen LogP contribution in [0.25, 0.3) is 0 Å². The molecule has 0 atom stereocenters. The number of likely N-dealkylation sites (tertiary alicyclic amines) is 1. The van der Waals surface area contributed by atoms with Gasteiger partial charge in [-0.05, 0) is 63.5 Å². The van der Waals surface area contributed by atoms with E-state index in [-0.39, 0.29) is 5.91 Å². The Kier molecular flexibility index (Phi) is 6.67. The molecular formula is C22H32N4O. The summed E-state index contributed by atoms with van der Waals surface area (Å²) in [4.78, 5) is 17.0. The van der Waals surface area contributed by atoms with Crippen molar-refractivity contribution in [1.82, 2.24) is 19.6 Å². The number of likely N-dealkylation sites (N-methyl/N-ethyl adjacent to an activating group) is 1. The SMILES string of the molecule is Cc1cc(C)n(CCN(C)C(=O)c2ccc(CN3CCCCCC3)cc2)n1. The standard InChI is InChI=1S/C22H32N4O/c1-18-16-19(2)26(23-18)15-14-24(3)22(27)21-10-8-20(9-11-21)17-25-12-6-4-5-7-13-25/h8-11,16H,4-7,12-15,17H2,1-3H3. The number of benzene rings is 1. The third-order valence-electron chi connectivity index (χ3n) is 5.40. The van der Waals surface area contributed by atoms with Crippen LogP contribution in [0.4, 0.5) is 0 Å². The second kappa shape index (κ2) is 9.18. The van der Waals surface area contributed by atoms with Crippen LogP contribution in [0, 0.1) is 13.8 Å². The van der Waals surface area contributed by atoms with E-state index in [4.69, 9.17) is 0 Å². The average Bonchev–Trinajstić information content (AvgIpc) is 2.84. The Hall–Kier alpha value is -2.14. The molecule has 2 heterocycles. The first-order chi connectivity index (χ1) is 13.0. The van der Waals surface area contributed by atoms with E-state index in [1.807, 2.05) is 37.7 Å². The summed E-state index contributed by atoms with van der Waals surface area (Å²) in [7, 11) is 1.86. The van der Waals surface area contributed by atoms with Gasteiger partial charge in [0.25, 0.3) is 5.91 Å². The Bertz CT molecular complexity index is 742. The Balaban J connectivity index is 1.53. The highest BCUT2D eigenvalue weighted by Gasteiger charge is 2.13. The van der Waals surface area contributed by atoms with Gasteiger partial charge in [0.05, 0.1) is 12.2 Å². The third-order valence-corrected chi connectivity index (χ3v) is 5.40. The van der Waals surface area contributed by atoms with Gasteiger partial charge < -0.3 is 4.90 Å². The quantitative estimate of drug-likeness (QED) is 0.781. The van der Waals surface area contributed by atoms with Gasteiger partial charge in [-0.15, -0.1) is 0 Å². The second-order valence-electron chi connectivity index (χ2n) is 7.76. The van der Waals surface area contributed by atoms with E-state index < -0.39 is 0 Å². The summed E-state index contributed by atoms with van der Waals surface area (Å²) >= 11 is 0. The van der Waals surface area contributed by atoms with Gasteiger partial charge in [0.2, 0.25) is 0 Å². The van der Waals surface area contributed by atoms with E-state index >= 15 is 0 Å². The summed E-state index contributed by atoms with van der Waals surface area (Å²) in [6, 6.07) is 10.2. The molecule has 1 aliphatic rings. The normalized spacial score (nSPS) is 15.5. The molecular weight excluding hydrogens is 336 g/mol. The maximum Gasteiger partial charge on any atom is 0.253 e. The average molecular weight is 369 g/mol. The minimum absolute atomic E-state index is 0.0675. The highest BCUT2D eigenvalue weighted by atomic mass is 16.2.